The average Bonchev–Trinajstić information content (AvgIpc) is 3.56. The van der Waals surface area contributed by atoms with Gasteiger partial charge in [-0.2, -0.15) is 0 Å². The second-order valence-electron chi connectivity index (χ2n) is 21.8. The van der Waals surface area contributed by atoms with E-state index in [1.165, 1.54) is 127 Å². The summed E-state index contributed by atoms with van der Waals surface area (Å²) in [4.78, 5) is 0. The molecule has 0 nitrogen and oxygen atoms in total. The molecule has 0 radical (unpaired) electrons. The highest BCUT2D eigenvalue weighted by Gasteiger charge is 2.26. The second kappa shape index (κ2) is 25.1. The van der Waals surface area contributed by atoms with Gasteiger partial charge in [0, 0.05) is 0 Å². The molecule has 1 aliphatic carbocycles. The van der Waals surface area contributed by atoms with Crippen molar-refractivity contribution in [2.75, 3.05) is 0 Å². The van der Waals surface area contributed by atoms with Crippen molar-refractivity contribution in [1.29, 1.82) is 0 Å². The zero-order chi connectivity index (χ0) is 55.5. The number of hydrogen-bond donors (Lipinski definition) is 0. The molecule has 0 bridgehead atoms. The van der Waals surface area contributed by atoms with Crippen LogP contribution in [-0.4, -0.2) is 0 Å². The first-order valence-electron chi connectivity index (χ1n) is 28.8. The Labute approximate surface area is 485 Å². The number of aryl methyl sites for hydroxylation is 2. The molecule has 1 unspecified atom stereocenters. The molecule has 0 N–H and O–H groups in total. The van der Waals surface area contributed by atoms with E-state index in [9.17, 15) is 0 Å². The lowest BCUT2D eigenvalue weighted by molar-refractivity contribution is 0.672. The van der Waals surface area contributed by atoms with Crippen LogP contribution in [0, 0.1) is 13.8 Å². The normalized spacial score (nSPS) is 12.4. The third-order valence-electron chi connectivity index (χ3n) is 16.0. The molecule has 0 fully saturated rings. The molecule has 0 heteroatoms. The van der Waals surface area contributed by atoms with E-state index in [1.807, 2.05) is 36.4 Å². The fourth-order valence-electron chi connectivity index (χ4n) is 11.6. The first-order valence-corrected chi connectivity index (χ1v) is 28.8. The Morgan fingerprint density at radius 2 is 0.793 bits per heavy atom. The summed E-state index contributed by atoms with van der Waals surface area (Å²) in [6.45, 7) is 4.17. The Bertz CT molecular complexity index is 4200. The topological polar surface area (TPSA) is 0 Å². The van der Waals surface area contributed by atoms with Gasteiger partial charge in [-0.05, 0) is 179 Å². The molecule has 0 aliphatic heterocycles. The highest BCUT2D eigenvalue weighted by Crippen LogP contribution is 2.44. The van der Waals surface area contributed by atoms with Gasteiger partial charge in [-0.25, -0.2) is 0 Å². The molecule has 0 amide bonds. The van der Waals surface area contributed by atoms with Gasteiger partial charge in [0.2, 0.25) is 0 Å². The molecule has 14 rings (SSSR count). The van der Waals surface area contributed by atoms with Crippen LogP contribution in [0.5, 0.6) is 0 Å². The van der Waals surface area contributed by atoms with Crippen molar-refractivity contribution < 1.29 is 0 Å². The summed E-state index contributed by atoms with van der Waals surface area (Å²) in [6, 6.07) is 112. The summed E-state index contributed by atoms with van der Waals surface area (Å²) in [5.74, 6) is 0.444. The summed E-state index contributed by atoms with van der Waals surface area (Å²) >= 11 is 0. The summed E-state index contributed by atoms with van der Waals surface area (Å²) in [5, 5.41) is 5.05. The molecule has 13 aromatic rings. The van der Waals surface area contributed by atoms with E-state index >= 15 is 0 Å². The minimum atomic E-state index is 0.444. The Hall–Kier alpha value is -9.88. The maximum absolute atomic E-state index is 2.48. The predicted octanol–water partition coefficient (Wildman–Crippen LogP) is 22.0. The van der Waals surface area contributed by atoms with Gasteiger partial charge in [-0.1, -0.05) is 308 Å². The molecule has 1 atom stereocenters. The average molecular weight is 1050 g/mol. The highest BCUT2D eigenvalue weighted by atomic mass is 14.3. The Kier molecular flexibility index (Phi) is 16.1. The van der Waals surface area contributed by atoms with Crippen molar-refractivity contribution >= 4 is 33.7 Å². The third kappa shape index (κ3) is 12.6. The first-order chi connectivity index (χ1) is 40.4. The van der Waals surface area contributed by atoms with Crippen molar-refractivity contribution in [3.8, 4) is 55.6 Å². The van der Waals surface area contributed by atoms with Crippen molar-refractivity contribution in [1.82, 2.24) is 0 Å². The zero-order valence-corrected chi connectivity index (χ0v) is 46.8. The lowest BCUT2D eigenvalue weighted by Gasteiger charge is -2.29. The Morgan fingerprint density at radius 3 is 1.39 bits per heavy atom. The van der Waals surface area contributed by atoms with Crippen LogP contribution in [0.1, 0.15) is 56.0 Å². The van der Waals surface area contributed by atoms with Crippen molar-refractivity contribution in [2.24, 2.45) is 0 Å². The highest BCUT2D eigenvalue weighted by molar-refractivity contribution is 6.15. The van der Waals surface area contributed by atoms with Crippen molar-refractivity contribution in [3.63, 3.8) is 0 Å². The fourth-order valence-corrected chi connectivity index (χ4v) is 11.6. The van der Waals surface area contributed by atoms with E-state index in [0.717, 1.165) is 19.3 Å². The Morgan fingerprint density at radius 1 is 0.305 bits per heavy atom. The van der Waals surface area contributed by atoms with E-state index in [0.29, 0.717) is 5.92 Å². The number of hydrogen-bond acceptors (Lipinski definition) is 0. The molecule has 1 aliphatic rings. The number of fused-ring (bicyclic) bond motifs is 6. The SMILES string of the molecule is C(=C\c1ccc2c(-c3ccccc3)cc3ccc(-c4ccccc4)cc3c2c1)/c1ccc(-c2ccc(Cc3ccc4c(c3)-c3cc(-c5ccccc5)ccc3CC4Cc3ccccc3)cc2)cc1.Cc1ccccc1.Cc1ccccc1. The fraction of sp³-hybridized carbons (Fsp3) is 0.0732. The van der Waals surface area contributed by atoms with Gasteiger partial charge in [0.05, 0.1) is 0 Å². The monoisotopic (exact) mass is 1050 g/mol. The van der Waals surface area contributed by atoms with E-state index < -0.39 is 0 Å². The lowest BCUT2D eigenvalue weighted by atomic mass is 9.75. The van der Waals surface area contributed by atoms with Gasteiger partial charge in [-0.3, -0.25) is 0 Å². The smallest absolute Gasteiger partial charge is 0.00255 e. The minimum absolute atomic E-state index is 0.444. The molecule has 0 spiro atoms. The largest absolute Gasteiger partial charge is 0.0622 e. The Balaban J connectivity index is 0.000000417. The van der Waals surface area contributed by atoms with Gasteiger partial charge in [-0.15, -0.1) is 0 Å². The maximum Gasteiger partial charge on any atom is -0.00255 e. The van der Waals surface area contributed by atoms with Crippen LogP contribution >= 0.6 is 0 Å². The molecule has 0 aromatic heterocycles. The summed E-state index contributed by atoms with van der Waals surface area (Å²) in [7, 11) is 0. The summed E-state index contributed by atoms with van der Waals surface area (Å²) in [5.41, 5.74) is 24.7. The molecule has 82 heavy (non-hydrogen) atoms. The predicted molar refractivity (Wildman–Crippen MR) is 352 cm³/mol. The van der Waals surface area contributed by atoms with Gasteiger partial charge in [0.15, 0.2) is 0 Å². The van der Waals surface area contributed by atoms with Crippen LogP contribution in [0.2, 0.25) is 0 Å². The first kappa shape index (κ1) is 52.8. The third-order valence-corrected chi connectivity index (χ3v) is 16.0. The van der Waals surface area contributed by atoms with Crippen LogP contribution in [0.4, 0.5) is 0 Å². The van der Waals surface area contributed by atoms with Gasteiger partial charge in [0.25, 0.3) is 0 Å². The van der Waals surface area contributed by atoms with E-state index in [-0.39, 0.29) is 0 Å². The zero-order valence-electron chi connectivity index (χ0n) is 46.8. The summed E-state index contributed by atoms with van der Waals surface area (Å²) in [6.07, 6.45) is 7.47. The number of rotatable bonds is 10. The molecule has 13 aromatic carbocycles. The number of benzene rings is 13. The van der Waals surface area contributed by atoms with Gasteiger partial charge >= 0.3 is 0 Å². The molecular weight excluding hydrogens is 985 g/mol. The van der Waals surface area contributed by atoms with Crippen molar-refractivity contribution in [2.45, 2.75) is 39.0 Å². The van der Waals surface area contributed by atoms with Crippen LogP contribution in [0.25, 0.3) is 89.3 Å². The van der Waals surface area contributed by atoms with E-state index in [4.69, 9.17) is 0 Å². The van der Waals surface area contributed by atoms with Gasteiger partial charge < -0.3 is 0 Å². The minimum Gasteiger partial charge on any atom is -0.0622 e. The maximum atomic E-state index is 2.48. The van der Waals surface area contributed by atoms with Crippen LogP contribution in [-0.2, 0) is 19.3 Å². The van der Waals surface area contributed by atoms with Crippen molar-refractivity contribution in [3.05, 3.63) is 359 Å². The standard InChI is InChI=1S/C68H50.2C7H8/c1-5-13-48(14-6-1)40-61-43-59-35-33-57(52-15-7-2-8-16-52)44-65(59)67-42-51(28-37-62(61)67)39-49-25-31-55(32-26-49)54-29-23-47(24-30-54)21-22-50-27-38-63-64(56-19-11-4-12-20-56)46-60-36-34-58(45-66(60)68(63)41-50)53-17-9-3-10-18-53;2*1-7-5-3-2-4-6-7/h1-38,41-42,44-46,61H,39-40,43H2;2*2-6H,1H3/b22-21+;;. The van der Waals surface area contributed by atoms with Crippen LogP contribution in [0.15, 0.2) is 309 Å². The van der Waals surface area contributed by atoms with Crippen LogP contribution < -0.4 is 0 Å². The molecule has 0 heterocycles. The summed E-state index contributed by atoms with van der Waals surface area (Å²) < 4.78 is 0. The van der Waals surface area contributed by atoms with E-state index in [1.54, 1.807) is 0 Å². The molecular formula is C82H66. The lowest BCUT2D eigenvalue weighted by Crippen LogP contribution is -2.14. The molecule has 394 valence electrons. The molecule has 0 saturated carbocycles. The quantitative estimate of drug-likeness (QED) is 0.0946. The second-order valence-corrected chi connectivity index (χ2v) is 21.8. The van der Waals surface area contributed by atoms with E-state index in [2.05, 4.69) is 299 Å². The van der Waals surface area contributed by atoms with Gasteiger partial charge in [0.1, 0.15) is 0 Å². The molecule has 0 saturated heterocycles. The van der Waals surface area contributed by atoms with Crippen LogP contribution in [0.3, 0.4) is 0 Å².